The molecule has 0 radical (unpaired) electrons. The van der Waals surface area contributed by atoms with Crippen molar-refractivity contribution in [2.45, 2.75) is 6.42 Å². The third kappa shape index (κ3) is 3.14. The lowest BCUT2D eigenvalue weighted by Gasteiger charge is -2.00. The molecule has 0 aliphatic carbocycles. The van der Waals surface area contributed by atoms with Gasteiger partial charge in [-0.3, -0.25) is 4.79 Å². The number of furan rings is 1. The summed E-state index contributed by atoms with van der Waals surface area (Å²) in [6.45, 7) is 0.466. The molecule has 0 saturated carbocycles. The second-order valence-corrected chi connectivity index (χ2v) is 5.46. The molecular formula is C15H14BrN3O3. The maximum absolute atomic E-state index is 11.8. The summed E-state index contributed by atoms with van der Waals surface area (Å²) in [5, 5.41) is 2.79. The van der Waals surface area contributed by atoms with Crippen molar-refractivity contribution >= 4 is 32.9 Å². The van der Waals surface area contributed by atoms with E-state index >= 15 is 0 Å². The van der Waals surface area contributed by atoms with Crippen molar-refractivity contribution < 1.29 is 13.9 Å². The summed E-state index contributed by atoms with van der Waals surface area (Å²) in [6.07, 6.45) is 0.602. The molecule has 3 aromatic rings. The molecule has 114 valence electrons. The molecule has 0 fully saturated rings. The van der Waals surface area contributed by atoms with E-state index in [-0.39, 0.29) is 11.7 Å². The number of rotatable bonds is 5. The minimum atomic E-state index is -0.247. The Morgan fingerprint density at radius 1 is 1.41 bits per heavy atom. The SMILES string of the molecule is COc1ccc2nc(CCNC(=O)c3ccc(Br)o3)[nH]c2c1. The number of ether oxygens (including phenoxy) is 1. The van der Waals surface area contributed by atoms with Crippen LogP contribution in [0.3, 0.4) is 0 Å². The van der Waals surface area contributed by atoms with Crippen molar-refractivity contribution in [3.05, 3.63) is 46.6 Å². The summed E-state index contributed by atoms with van der Waals surface area (Å²) in [5.74, 6) is 1.62. The van der Waals surface area contributed by atoms with Gasteiger partial charge in [0, 0.05) is 19.0 Å². The number of carbonyl (C=O) groups is 1. The van der Waals surface area contributed by atoms with Crippen LogP contribution in [0.1, 0.15) is 16.4 Å². The van der Waals surface area contributed by atoms with E-state index in [0.29, 0.717) is 17.6 Å². The number of hydrogen-bond donors (Lipinski definition) is 2. The van der Waals surface area contributed by atoms with Gasteiger partial charge >= 0.3 is 0 Å². The first-order chi connectivity index (χ1) is 10.7. The van der Waals surface area contributed by atoms with E-state index in [0.717, 1.165) is 22.6 Å². The van der Waals surface area contributed by atoms with E-state index in [4.69, 9.17) is 9.15 Å². The molecule has 0 aliphatic heterocycles. The Kier molecular flexibility index (Phi) is 4.15. The van der Waals surface area contributed by atoms with Gasteiger partial charge in [-0.1, -0.05) is 0 Å². The molecule has 0 aliphatic rings. The third-order valence-corrected chi connectivity index (χ3v) is 3.61. The molecule has 2 heterocycles. The zero-order chi connectivity index (χ0) is 15.5. The highest BCUT2D eigenvalue weighted by molar-refractivity contribution is 9.10. The largest absolute Gasteiger partial charge is 0.497 e. The van der Waals surface area contributed by atoms with Crippen molar-refractivity contribution in [1.82, 2.24) is 15.3 Å². The molecule has 7 heteroatoms. The van der Waals surface area contributed by atoms with Crippen LogP contribution in [-0.2, 0) is 6.42 Å². The highest BCUT2D eigenvalue weighted by Gasteiger charge is 2.10. The topological polar surface area (TPSA) is 80.2 Å². The van der Waals surface area contributed by atoms with Crippen molar-refractivity contribution in [1.29, 1.82) is 0 Å². The van der Waals surface area contributed by atoms with Gasteiger partial charge < -0.3 is 19.5 Å². The Morgan fingerprint density at radius 2 is 2.27 bits per heavy atom. The van der Waals surface area contributed by atoms with Crippen molar-refractivity contribution in [2.24, 2.45) is 0 Å². The molecule has 6 nitrogen and oxygen atoms in total. The first kappa shape index (κ1) is 14.6. The van der Waals surface area contributed by atoms with Crippen LogP contribution in [0, 0.1) is 0 Å². The van der Waals surface area contributed by atoms with Gasteiger partial charge in [0.05, 0.1) is 18.1 Å². The van der Waals surface area contributed by atoms with Gasteiger partial charge in [0.25, 0.3) is 5.91 Å². The number of hydrogen-bond acceptors (Lipinski definition) is 4. The number of nitrogens with one attached hydrogen (secondary N) is 2. The summed E-state index contributed by atoms with van der Waals surface area (Å²) in [6, 6.07) is 8.95. The third-order valence-electron chi connectivity index (χ3n) is 3.18. The Bertz CT molecular complexity index is 809. The van der Waals surface area contributed by atoms with E-state index in [2.05, 4.69) is 31.2 Å². The van der Waals surface area contributed by atoms with Gasteiger partial charge in [0.2, 0.25) is 0 Å². The van der Waals surface area contributed by atoms with Crippen LogP contribution >= 0.6 is 15.9 Å². The maximum Gasteiger partial charge on any atom is 0.287 e. The van der Waals surface area contributed by atoms with Gasteiger partial charge in [-0.25, -0.2) is 4.98 Å². The number of nitrogens with zero attached hydrogens (tertiary/aromatic N) is 1. The van der Waals surface area contributed by atoms with E-state index in [1.807, 2.05) is 18.2 Å². The highest BCUT2D eigenvalue weighted by Crippen LogP contribution is 2.18. The Morgan fingerprint density at radius 3 is 3.00 bits per heavy atom. The minimum Gasteiger partial charge on any atom is -0.497 e. The van der Waals surface area contributed by atoms with Crippen LogP contribution in [0.15, 0.2) is 39.4 Å². The van der Waals surface area contributed by atoms with E-state index in [9.17, 15) is 4.79 Å². The monoisotopic (exact) mass is 363 g/mol. The zero-order valence-corrected chi connectivity index (χ0v) is 13.4. The fourth-order valence-corrected chi connectivity index (χ4v) is 2.41. The lowest BCUT2D eigenvalue weighted by molar-refractivity contribution is 0.0925. The summed E-state index contributed by atoms with van der Waals surface area (Å²) >= 11 is 3.16. The molecule has 0 atom stereocenters. The summed E-state index contributed by atoms with van der Waals surface area (Å²) in [7, 11) is 1.63. The van der Waals surface area contributed by atoms with Crippen LogP contribution < -0.4 is 10.1 Å². The predicted octanol–water partition coefficient (Wildman–Crippen LogP) is 2.90. The fourth-order valence-electron chi connectivity index (χ4n) is 2.10. The number of aromatic amines is 1. The number of benzene rings is 1. The summed E-state index contributed by atoms with van der Waals surface area (Å²) in [4.78, 5) is 19.5. The van der Waals surface area contributed by atoms with Crippen molar-refractivity contribution in [3.8, 4) is 5.75 Å². The van der Waals surface area contributed by atoms with E-state index < -0.39 is 0 Å². The molecule has 2 aromatic heterocycles. The lowest BCUT2D eigenvalue weighted by Crippen LogP contribution is -2.25. The summed E-state index contributed by atoms with van der Waals surface area (Å²) < 4.78 is 10.9. The zero-order valence-electron chi connectivity index (χ0n) is 11.9. The second kappa shape index (κ2) is 6.23. The number of halogens is 1. The molecular weight excluding hydrogens is 350 g/mol. The predicted molar refractivity (Wildman–Crippen MR) is 85.1 cm³/mol. The van der Waals surface area contributed by atoms with Gasteiger partial charge in [0.1, 0.15) is 11.6 Å². The normalized spacial score (nSPS) is 10.8. The lowest BCUT2D eigenvalue weighted by atomic mass is 10.3. The fraction of sp³-hybridized carbons (Fsp3) is 0.200. The first-order valence-corrected chi connectivity index (χ1v) is 7.51. The smallest absolute Gasteiger partial charge is 0.287 e. The van der Waals surface area contributed by atoms with Crippen LogP contribution in [0.25, 0.3) is 11.0 Å². The average Bonchev–Trinajstić information content (AvgIpc) is 3.12. The minimum absolute atomic E-state index is 0.247. The van der Waals surface area contributed by atoms with Crippen LogP contribution in [0.4, 0.5) is 0 Å². The molecule has 0 unspecified atom stereocenters. The molecule has 1 amide bonds. The first-order valence-electron chi connectivity index (χ1n) is 6.72. The Balaban J connectivity index is 1.60. The molecule has 2 N–H and O–H groups in total. The number of fused-ring (bicyclic) bond motifs is 1. The number of imidazole rings is 1. The molecule has 0 spiro atoms. The quantitative estimate of drug-likeness (QED) is 0.730. The van der Waals surface area contributed by atoms with Gasteiger partial charge in [-0.15, -0.1) is 0 Å². The van der Waals surface area contributed by atoms with E-state index in [1.165, 1.54) is 0 Å². The van der Waals surface area contributed by atoms with Gasteiger partial charge in [-0.05, 0) is 40.2 Å². The number of methoxy groups -OCH3 is 1. The number of amides is 1. The van der Waals surface area contributed by atoms with Crippen LogP contribution in [0.2, 0.25) is 0 Å². The molecule has 0 bridgehead atoms. The standard InChI is InChI=1S/C15H14BrN3O3/c1-21-9-2-3-10-11(8-9)19-14(18-10)6-7-17-15(20)12-4-5-13(16)22-12/h2-5,8H,6-7H2,1H3,(H,17,20)(H,18,19). The molecule has 3 rings (SSSR count). The van der Waals surface area contributed by atoms with Crippen LogP contribution in [-0.4, -0.2) is 29.5 Å². The van der Waals surface area contributed by atoms with Gasteiger partial charge in [-0.2, -0.15) is 0 Å². The van der Waals surface area contributed by atoms with E-state index in [1.54, 1.807) is 19.2 Å². The molecule has 0 saturated heterocycles. The second-order valence-electron chi connectivity index (χ2n) is 4.68. The Hall–Kier alpha value is -2.28. The highest BCUT2D eigenvalue weighted by atomic mass is 79.9. The van der Waals surface area contributed by atoms with Gasteiger partial charge in [0.15, 0.2) is 10.4 Å². The number of H-pyrrole nitrogens is 1. The van der Waals surface area contributed by atoms with Crippen molar-refractivity contribution in [3.63, 3.8) is 0 Å². The molecule has 1 aromatic carbocycles. The summed E-state index contributed by atoms with van der Waals surface area (Å²) in [5.41, 5.74) is 1.78. The average molecular weight is 364 g/mol. The van der Waals surface area contributed by atoms with Crippen LogP contribution in [0.5, 0.6) is 5.75 Å². The molecule has 22 heavy (non-hydrogen) atoms. The number of aromatic nitrogens is 2. The Labute approximate surface area is 135 Å². The maximum atomic E-state index is 11.8. The number of carbonyl (C=O) groups excluding carboxylic acids is 1. The van der Waals surface area contributed by atoms with Crippen molar-refractivity contribution in [2.75, 3.05) is 13.7 Å².